The van der Waals surface area contributed by atoms with E-state index >= 15 is 0 Å². The fourth-order valence-corrected chi connectivity index (χ4v) is 1.81. The van der Waals surface area contributed by atoms with E-state index in [9.17, 15) is 9.59 Å². The van der Waals surface area contributed by atoms with E-state index in [0.717, 1.165) is 6.42 Å². The molecular formula is C10H15N3O3. The van der Waals surface area contributed by atoms with Gasteiger partial charge in [0, 0.05) is 19.4 Å². The molecule has 6 heteroatoms. The number of hydrazone groups is 1. The van der Waals surface area contributed by atoms with Gasteiger partial charge in [-0.3, -0.25) is 9.59 Å². The van der Waals surface area contributed by atoms with Crippen LogP contribution in [0.3, 0.4) is 0 Å². The summed E-state index contributed by atoms with van der Waals surface area (Å²) in [6.45, 7) is 2.61. The molecule has 16 heavy (non-hydrogen) atoms. The van der Waals surface area contributed by atoms with Crippen molar-refractivity contribution in [1.29, 1.82) is 0 Å². The lowest BCUT2D eigenvalue weighted by atomic mass is 10.1. The van der Waals surface area contributed by atoms with Crippen molar-refractivity contribution in [2.24, 2.45) is 5.10 Å². The largest absolute Gasteiger partial charge is 0.376 e. The number of nitrogens with one attached hydrogen (secondary N) is 2. The molecular weight excluding hydrogens is 210 g/mol. The highest BCUT2D eigenvalue weighted by molar-refractivity contribution is 6.39. The van der Waals surface area contributed by atoms with Gasteiger partial charge >= 0.3 is 0 Å². The molecule has 6 nitrogen and oxygen atoms in total. The first kappa shape index (κ1) is 11.1. The standard InChI is InChI=1S/C10H15N3O3/c1-6-7(4-5-16-6)11-10(15)8-2-3-9(14)13-12-8/h6-7H,2-5H2,1H3,(H,11,15)(H,13,14). The summed E-state index contributed by atoms with van der Waals surface area (Å²) in [7, 11) is 0. The van der Waals surface area contributed by atoms with Gasteiger partial charge < -0.3 is 10.1 Å². The molecule has 0 aromatic carbocycles. The summed E-state index contributed by atoms with van der Waals surface area (Å²) in [6.07, 6.45) is 1.59. The molecule has 2 aliphatic heterocycles. The van der Waals surface area contributed by atoms with Crippen LogP contribution in [0.25, 0.3) is 0 Å². The van der Waals surface area contributed by atoms with Crippen LogP contribution >= 0.6 is 0 Å². The molecule has 2 amide bonds. The minimum atomic E-state index is -0.206. The lowest BCUT2D eigenvalue weighted by Gasteiger charge is -2.18. The molecule has 0 radical (unpaired) electrons. The fourth-order valence-electron chi connectivity index (χ4n) is 1.81. The van der Waals surface area contributed by atoms with Crippen LogP contribution in [0.5, 0.6) is 0 Å². The lowest BCUT2D eigenvalue weighted by Crippen LogP contribution is -2.44. The smallest absolute Gasteiger partial charge is 0.267 e. The van der Waals surface area contributed by atoms with E-state index in [2.05, 4.69) is 15.8 Å². The predicted molar refractivity (Wildman–Crippen MR) is 56.8 cm³/mol. The minimum absolute atomic E-state index is 0.0442. The Balaban J connectivity index is 1.90. The van der Waals surface area contributed by atoms with Crippen LogP contribution in [0.15, 0.2) is 5.10 Å². The molecule has 0 aromatic rings. The molecule has 0 aliphatic carbocycles. The van der Waals surface area contributed by atoms with Crippen molar-refractivity contribution in [2.45, 2.75) is 38.3 Å². The highest BCUT2D eigenvalue weighted by atomic mass is 16.5. The van der Waals surface area contributed by atoms with Gasteiger partial charge in [-0.2, -0.15) is 5.10 Å². The van der Waals surface area contributed by atoms with Crippen LogP contribution in [0, 0.1) is 0 Å². The van der Waals surface area contributed by atoms with E-state index in [1.165, 1.54) is 0 Å². The summed E-state index contributed by atoms with van der Waals surface area (Å²) in [5.74, 6) is -0.350. The van der Waals surface area contributed by atoms with E-state index in [0.29, 0.717) is 25.2 Å². The normalized spacial score (nSPS) is 29.6. The maximum Gasteiger partial charge on any atom is 0.267 e. The third-order valence-corrected chi connectivity index (χ3v) is 2.86. The number of hydrogen-bond donors (Lipinski definition) is 2. The zero-order valence-electron chi connectivity index (χ0n) is 9.16. The second-order valence-electron chi connectivity index (χ2n) is 4.04. The maximum absolute atomic E-state index is 11.8. The van der Waals surface area contributed by atoms with Crippen molar-refractivity contribution in [3.05, 3.63) is 0 Å². The van der Waals surface area contributed by atoms with Gasteiger partial charge in [-0.1, -0.05) is 0 Å². The van der Waals surface area contributed by atoms with E-state index in [-0.39, 0.29) is 24.0 Å². The number of carbonyl (C=O) groups is 2. The van der Waals surface area contributed by atoms with E-state index in [4.69, 9.17) is 4.74 Å². The molecule has 1 saturated heterocycles. The maximum atomic E-state index is 11.8. The third-order valence-electron chi connectivity index (χ3n) is 2.86. The molecule has 0 saturated carbocycles. The molecule has 0 aromatic heterocycles. The highest BCUT2D eigenvalue weighted by Gasteiger charge is 2.28. The molecule has 2 heterocycles. The molecule has 2 rings (SSSR count). The van der Waals surface area contributed by atoms with Crippen molar-refractivity contribution in [3.63, 3.8) is 0 Å². The number of ether oxygens (including phenoxy) is 1. The molecule has 2 atom stereocenters. The van der Waals surface area contributed by atoms with Crippen LogP contribution in [0.4, 0.5) is 0 Å². The Labute approximate surface area is 93.4 Å². The van der Waals surface area contributed by atoms with Crippen molar-refractivity contribution in [2.75, 3.05) is 6.61 Å². The average Bonchev–Trinajstić information content (AvgIpc) is 2.65. The number of rotatable bonds is 2. The Bertz CT molecular complexity index is 340. The van der Waals surface area contributed by atoms with Gasteiger partial charge in [-0.25, -0.2) is 5.43 Å². The molecule has 2 unspecified atom stereocenters. The molecule has 0 bridgehead atoms. The molecule has 2 aliphatic rings. The number of carbonyl (C=O) groups excluding carboxylic acids is 2. The zero-order valence-corrected chi connectivity index (χ0v) is 9.16. The van der Waals surface area contributed by atoms with Gasteiger partial charge in [0.1, 0.15) is 5.71 Å². The predicted octanol–water partition coefficient (Wildman–Crippen LogP) is -0.454. The van der Waals surface area contributed by atoms with Gasteiger partial charge in [0.2, 0.25) is 5.91 Å². The topological polar surface area (TPSA) is 79.8 Å². The number of amides is 2. The van der Waals surface area contributed by atoms with Gasteiger partial charge in [0.05, 0.1) is 12.1 Å². The van der Waals surface area contributed by atoms with Gasteiger partial charge in [0.15, 0.2) is 0 Å². The number of hydrogen-bond acceptors (Lipinski definition) is 4. The van der Waals surface area contributed by atoms with Crippen molar-refractivity contribution >= 4 is 17.5 Å². The summed E-state index contributed by atoms with van der Waals surface area (Å²) in [5, 5.41) is 6.61. The Kier molecular flexibility index (Phi) is 3.19. The average molecular weight is 225 g/mol. The quantitative estimate of drug-likeness (QED) is 0.667. The molecule has 88 valence electrons. The van der Waals surface area contributed by atoms with Gasteiger partial charge in [0.25, 0.3) is 5.91 Å². The van der Waals surface area contributed by atoms with Crippen LogP contribution in [0.1, 0.15) is 26.2 Å². The molecule has 1 fully saturated rings. The van der Waals surface area contributed by atoms with Crippen LogP contribution in [-0.2, 0) is 14.3 Å². The first-order valence-electron chi connectivity index (χ1n) is 5.44. The van der Waals surface area contributed by atoms with Crippen molar-refractivity contribution < 1.29 is 14.3 Å². The van der Waals surface area contributed by atoms with Crippen LogP contribution in [-0.4, -0.2) is 36.3 Å². The molecule has 0 spiro atoms. The van der Waals surface area contributed by atoms with Crippen LogP contribution in [0.2, 0.25) is 0 Å². The van der Waals surface area contributed by atoms with E-state index in [1.807, 2.05) is 6.92 Å². The summed E-state index contributed by atoms with van der Waals surface area (Å²) >= 11 is 0. The lowest BCUT2D eigenvalue weighted by molar-refractivity contribution is -0.121. The minimum Gasteiger partial charge on any atom is -0.376 e. The highest BCUT2D eigenvalue weighted by Crippen LogP contribution is 2.12. The van der Waals surface area contributed by atoms with Gasteiger partial charge in [-0.15, -0.1) is 0 Å². The Hall–Kier alpha value is -1.43. The fraction of sp³-hybridized carbons (Fsp3) is 0.700. The summed E-state index contributed by atoms with van der Waals surface area (Å²) in [4.78, 5) is 22.6. The van der Waals surface area contributed by atoms with Gasteiger partial charge in [-0.05, 0) is 13.3 Å². The molecule has 2 N–H and O–H groups in total. The number of nitrogens with zero attached hydrogens (tertiary/aromatic N) is 1. The Morgan fingerprint density at radius 1 is 1.56 bits per heavy atom. The second-order valence-corrected chi connectivity index (χ2v) is 4.04. The Morgan fingerprint density at radius 3 is 2.94 bits per heavy atom. The first-order valence-corrected chi connectivity index (χ1v) is 5.44. The van der Waals surface area contributed by atoms with Crippen molar-refractivity contribution in [1.82, 2.24) is 10.7 Å². The third kappa shape index (κ3) is 2.38. The first-order chi connectivity index (χ1) is 7.66. The second kappa shape index (κ2) is 4.61. The zero-order chi connectivity index (χ0) is 11.5. The summed E-state index contributed by atoms with van der Waals surface area (Å²) in [6, 6.07) is 0.0489. The van der Waals surface area contributed by atoms with E-state index < -0.39 is 0 Å². The SMILES string of the molecule is CC1OCCC1NC(=O)C1=NNC(=O)CC1. The van der Waals surface area contributed by atoms with Crippen molar-refractivity contribution in [3.8, 4) is 0 Å². The van der Waals surface area contributed by atoms with Crippen LogP contribution < -0.4 is 10.7 Å². The Morgan fingerprint density at radius 2 is 2.38 bits per heavy atom. The van der Waals surface area contributed by atoms with E-state index in [1.54, 1.807) is 0 Å². The summed E-state index contributed by atoms with van der Waals surface area (Å²) < 4.78 is 5.35. The monoisotopic (exact) mass is 225 g/mol. The summed E-state index contributed by atoms with van der Waals surface area (Å²) in [5.41, 5.74) is 2.69.